The normalized spacial score (nSPS) is 19.5. The number of carboxylic acid groups (broad SMARTS) is 6. The number of carbonyl (C=O) groups is 6. The second kappa shape index (κ2) is 5.86. The van der Waals surface area contributed by atoms with Crippen molar-refractivity contribution in [3.8, 4) is 0 Å². The van der Waals surface area contributed by atoms with E-state index in [1.54, 1.807) is 0 Å². The van der Waals surface area contributed by atoms with Gasteiger partial charge in [-0.25, -0.2) is 42.3 Å². The highest BCUT2D eigenvalue weighted by Crippen LogP contribution is 2.79. The molecule has 0 atom stereocenters. The van der Waals surface area contributed by atoms with Gasteiger partial charge in [-0.3, -0.25) is 0 Å². The summed E-state index contributed by atoms with van der Waals surface area (Å²) in [6.45, 7) is 0. The van der Waals surface area contributed by atoms with E-state index in [2.05, 4.69) is 13.5 Å². The second-order valence-corrected chi connectivity index (χ2v) is 11.8. The predicted molar refractivity (Wildman–Crippen MR) is 76.2 cm³/mol. The molecule has 0 radical (unpaired) electrons. The number of hydrogen-bond acceptors (Lipinski definition) is 9. The maximum absolute atomic E-state index is 11.3. The van der Waals surface area contributed by atoms with Crippen molar-refractivity contribution >= 4 is 55.9 Å². The van der Waals surface area contributed by atoms with Crippen LogP contribution in [0.4, 0.5) is 28.8 Å². The van der Waals surface area contributed by atoms with Crippen molar-refractivity contribution in [2.45, 2.75) is 0 Å². The molecule has 0 aromatic heterocycles. The largest absolute Gasteiger partial charge is 0.475 e. The minimum Gasteiger partial charge on any atom is -0.475 e. The number of rotatable bonds is 6. The van der Waals surface area contributed by atoms with E-state index in [0.717, 1.165) is 0 Å². The van der Waals surface area contributed by atoms with Gasteiger partial charge in [0.1, 0.15) is 0 Å². The molecule has 1 heterocycles. The number of hydrogen-bond donors (Lipinski definition) is 6. The standard InChI is InChI=1S/C6H6N3O12P3/c10-1(11)22(2(12)13)7-23(3(14)15,4(16)17)9-24(8-22,5(18)19)6(20)21/h(H,10,11)(H,12,13)(H,14,15)(H,16,17)(H,18,19)(H,20,21). The highest BCUT2D eigenvalue weighted by Gasteiger charge is 2.57. The van der Waals surface area contributed by atoms with E-state index in [1.165, 1.54) is 0 Å². The van der Waals surface area contributed by atoms with Crippen LogP contribution in [0.1, 0.15) is 0 Å². The van der Waals surface area contributed by atoms with E-state index in [1.807, 2.05) is 0 Å². The topological polar surface area (TPSA) is 261 Å². The third-order valence-electron chi connectivity index (χ3n) is 2.38. The summed E-state index contributed by atoms with van der Waals surface area (Å²) >= 11 is 0. The summed E-state index contributed by atoms with van der Waals surface area (Å²) in [5.41, 5.74) is -14.7. The van der Waals surface area contributed by atoms with E-state index < -0.39 is 55.9 Å². The second-order valence-electron chi connectivity index (χ2n) is 3.77. The zero-order valence-corrected chi connectivity index (χ0v) is 13.5. The molecule has 0 aromatic rings. The van der Waals surface area contributed by atoms with Gasteiger partial charge in [-0.15, -0.1) is 0 Å². The van der Waals surface area contributed by atoms with Gasteiger partial charge in [0.15, 0.2) is 0 Å². The fourth-order valence-electron chi connectivity index (χ4n) is 1.32. The molecule has 1 aliphatic rings. The van der Waals surface area contributed by atoms with Crippen LogP contribution in [-0.4, -0.2) is 64.9 Å². The van der Waals surface area contributed by atoms with Gasteiger partial charge in [0, 0.05) is 0 Å². The fraction of sp³-hybridized carbons (Fsp3) is 0. The maximum atomic E-state index is 11.3. The molecule has 18 heteroatoms. The van der Waals surface area contributed by atoms with Crippen molar-refractivity contribution in [1.29, 1.82) is 0 Å². The van der Waals surface area contributed by atoms with Crippen molar-refractivity contribution in [3.05, 3.63) is 0 Å². The molecule has 0 saturated carbocycles. The lowest BCUT2D eigenvalue weighted by molar-refractivity contribution is 0.213. The Balaban J connectivity index is 4.43. The van der Waals surface area contributed by atoms with E-state index >= 15 is 0 Å². The molecule has 1 aliphatic heterocycles. The van der Waals surface area contributed by atoms with E-state index in [0.29, 0.717) is 0 Å². The summed E-state index contributed by atoms with van der Waals surface area (Å²) in [6.07, 6.45) is 0. The molecule has 0 fully saturated rings. The lowest BCUT2D eigenvalue weighted by Gasteiger charge is -2.24. The maximum Gasteiger partial charge on any atom is 0.374 e. The predicted octanol–water partition coefficient (Wildman–Crippen LogP) is 4.42. The lowest BCUT2D eigenvalue weighted by Crippen LogP contribution is -2.14. The molecule has 0 spiro atoms. The molecule has 1 rings (SSSR count). The van der Waals surface area contributed by atoms with Crippen molar-refractivity contribution < 1.29 is 59.4 Å². The number of nitrogens with zero attached hydrogens (tertiary/aromatic N) is 3. The van der Waals surface area contributed by atoms with Crippen LogP contribution in [0.15, 0.2) is 13.5 Å². The minimum atomic E-state index is -5.43. The van der Waals surface area contributed by atoms with Crippen molar-refractivity contribution in [2.24, 2.45) is 13.5 Å². The zero-order valence-electron chi connectivity index (χ0n) is 10.8. The smallest absolute Gasteiger partial charge is 0.374 e. The summed E-state index contributed by atoms with van der Waals surface area (Å²) in [7, 11) is -16.3. The molecular weight excluding hydrogens is 399 g/mol. The van der Waals surface area contributed by atoms with Crippen molar-refractivity contribution in [2.75, 3.05) is 0 Å². The Bertz CT molecular complexity index is 698. The first-order valence-electron chi connectivity index (χ1n) is 5.11. The zero-order chi connectivity index (χ0) is 19.1. The average molecular weight is 405 g/mol. The first-order valence-corrected chi connectivity index (χ1v) is 10.2. The molecule has 0 aliphatic carbocycles. The van der Waals surface area contributed by atoms with Crippen LogP contribution in [-0.2, 0) is 0 Å². The van der Waals surface area contributed by atoms with Gasteiger partial charge in [0.2, 0.25) is 0 Å². The Morgan fingerprint density at radius 3 is 0.625 bits per heavy atom. The van der Waals surface area contributed by atoms with Crippen LogP contribution in [0.5, 0.6) is 0 Å². The van der Waals surface area contributed by atoms with Crippen molar-refractivity contribution in [3.63, 3.8) is 0 Å². The Morgan fingerprint density at radius 1 is 0.417 bits per heavy atom. The fourth-order valence-corrected chi connectivity index (χ4v) is 11.4. The van der Waals surface area contributed by atoms with Gasteiger partial charge >= 0.3 is 34.3 Å². The lowest BCUT2D eigenvalue weighted by atomic mass is 11.6. The molecule has 0 unspecified atom stereocenters. The summed E-state index contributed by atoms with van der Waals surface area (Å²) in [6, 6.07) is 0. The molecular formula is C6H6N3O12P3. The van der Waals surface area contributed by atoms with Gasteiger partial charge in [-0.05, 0) is 0 Å². The van der Waals surface area contributed by atoms with E-state index in [4.69, 9.17) is 30.6 Å². The monoisotopic (exact) mass is 405 g/mol. The highest BCUT2D eigenvalue weighted by molar-refractivity contribution is 8.13. The molecule has 0 saturated heterocycles. The Labute approximate surface area is 129 Å². The molecule has 0 amide bonds. The molecule has 24 heavy (non-hydrogen) atoms. The third kappa shape index (κ3) is 2.52. The van der Waals surface area contributed by atoms with Gasteiger partial charge in [0.25, 0.3) is 21.6 Å². The Morgan fingerprint density at radius 2 is 0.542 bits per heavy atom. The first kappa shape index (κ1) is 19.6. The molecule has 132 valence electrons. The average Bonchev–Trinajstić information content (AvgIpc) is 2.44. The van der Waals surface area contributed by atoms with Gasteiger partial charge < -0.3 is 30.6 Å². The SMILES string of the molecule is O=C(O)P1(C(=O)O)=NP(C(=O)O)(C(=O)O)=NP(C(=O)O)(C(=O)O)=N1. The minimum absolute atomic E-state index is 2.45. The van der Waals surface area contributed by atoms with Crippen LogP contribution in [0, 0.1) is 0 Å². The third-order valence-corrected chi connectivity index (χ3v) is 11.8. The highest BCUT2D eigenvalue weighted by atomic mass is 31.3. The van der Waals surface area contributed by atoms with Crippen LogP contribution >= 0.6 is 21.6 Å². The quantitative estimate of drug-likeness (QED) is 0.335. The van der Waals surface area contributed by atoms with Crippen molar-refractivity contribution in [1.82, 2.24) is 0 Å². The van der Waals surface area contributed by atoms with E-state index in [9.17, 15) is 28.8 Å². The van der Waals surface area contributed by atoms with Gasteiger partial charge in [-0.2, -0.15) is 0 Å². The summed E-state index contributed by atoms with van der Waals surface area (Å²) < 4.78 is 8.38. The summed E-state index contributed by atoms with van der Waals surface area (Å²) in [4.78, 5) is 67.7. The van der Waals surface area contributed by atoms with Crippen LogP contribution in [0.3, 0.4) is 0 Å². The Kier molecular flexibility index (Phi) is 4.77. The van der Waals surface area contributed by atoms with Crippen LogP contribution < -0.4 is 0 Å². The summed E-state index contributed by atoms with van der Waals surface area (Å²) in [5.74, 6) is 0. The van der Waals surface area contributed by atoms with Gasteiger partial charge in [-0.1, -0.05) is 0 Å². The molecule has 0 aromatic carbocycles. The van der Waals surface area contributed by atoms with E-state index in [-0.39, 0.29) is 0 Å². The summed E-state index contributed by atoms with van der Waals surface area (Å²) in [5, 5.41) is 54.3. The Hall–Kier alpha value is -2.49. The van der Waals surface area contributed by atoms with Gasteiger partial charge in [0.05, 0.1) is 0 Å². The molecule has 15 nitrogen and oxygen atoms in total. The molecule has 6 N–H and O–H groups in total. The first-order chi connectivity index (χ1) is 10.8. The van der Waals surface area contributed by atoms with Crippen LogP contribution in [0.25, 0.3) is 0 Å². The molecule has 0 bridgehead atoms. The van der Waals surface area contributed by atoms with Crippen LogP contribution in [0.2, 0.25) is 0 Å².